The Hall–Kier alpha value is -0.480. The molecule has 2 aliphatic heterocycles. The summed E-state index contributed by atoms with van der Waals surface area (Å²) in [4.78, 5) is 0. The van der Waals surface area contributed by atoms with Gasteiger partial charge in [0.2, 0.25) is 0 Å². The zero-order valence-corrected chi connectivity index (χ0v) is 16.8. The van der Waals surface area contributed by atoms with E-state index in [-0.39, 0.29) is 6.61 Å². The van der Waals surface area contributed by atoms with Crippen molar-refractivity contribution in [1.82, 2.24) is 0 Å². The summed E-state index contributed by atoms with van der Waals surface area (Å²) in [6.07, 6.45) is -11.0. The molecule has 2 rings (SSSR count). The van der Waals surface area contributed by atoms with Crippen LogP contribution < -0.4 is 5.73 Å². The number of hydrogen-bond donors (Lipinski definition) is 8. The van der Waals surface area contributed by atoms with Gasteiger partial charge < -0.3 is 60.4 Å². The van der Waals surface area contributed by atoms with Crippen LogP contribution in [0.25, 0.3) is 0 Å². The molecule has 2 heterocycles. The van der Waals surface area contributed by atoms with Gasteiger partial charge in [0.15, 0.2) is 12.6 Å². The van der Waals surface area contributed by atoms with Crippen LogP contribution in [0.1, 0.15) is 25.7 Å². The number of hydrogen-bond acceptors (Lipinski definition) is 12. The molecular weight excluding hydrogens is 406 g/mol. The van der Waals surface area contributed by atoms with E-state index in [1.54, 1.807) is 0 Å². The summed E-state index contributed by atoms with van der Waals surface area (Å²) in [6, 6.07) is 0. The summed E-state index contributed by atoms with van der Waals surface area (Å²) in [6.45, 7) is -0.356. The van der Waals surface area contributed by atoms with Crippen molar-refractivity contribution in [3.63, 3.8) is 0 Å². The van der Waals surface area contributed by atoms with Gasteiger partial charge in [-0.1, -0.05) is 12.8 Å². The molecule has 0 aromatic heterocycles. The van der Waals surface area contributed by atoms with Crippen molar-refractivity contribution in [3.05, 3.63) is 0 Å². The van der Waals surface area contributed by atoms with Crippen molar-refractivity contribution in [3.8, 4) is 0 Å². The quantitative estimate of drug-likeness (QED) is 0.145. The van der Waals surface area contributed by atoms with E-state index in [1.165, 1.54) is 0 Å². The molecule has 178 valence electrons. The molecule has 0 saturated carbocycles. The number of aliphatic hydroxyl groups excluding tert-OH is 7. The van der Waals surface area contributed by atoms with Crippen LogP contribution in [0.4, 0.5) is 0 Å². The maximum atomic E-state index is 10.5. The van der Waals surface area contributed by atoms with Crippen molar-refractivity contribution in [2.24, 2.45) is 5.73 Å². The molecule has 0 aromatic rings. The topological polar surface area (TPSA) is 205 Å². The van der Waals surface area contributed by atoms with E-state index in [2.05, 4.69) is 0 Å². The molecule has 2 fully saturated rings. The minimum atomic E-state index is -1.70. The molecule has 2 saturated heterocycles. The van der Waals surface area contributed by atoms with Gasteiger partial charge in [-0.3, -0.25) is 0 Å². The Morgan fingerprint density at radius 3 is 1.90 bits per heavy atom. The number of nitrogens with two attached hydrogens (primary N) is 1. The van der Waals surface area contributed by atoms with E-state index in [9.17, 15) is 35.7 Å². The molecule has 30 heavy (non-hydrogen) atoms. The van der Waals surface area contributed by atoms with Crippen LogP contribution in [0.2, 0.25) is 0 Å². The van der Waals surface area contributed by atoms with E-state index < -0.39 is 74.6 Å². The summed E-state index contributed by atoms with van der Waals surface area (Å²) < 4.78 is 21.7. The van der Waals surface area contributed by atoms with Crippen LogP contribution in [0.3, 0.4) is 0 Å². The first-order valence-corrected chi connectivity index (χ1v) is 10.3. The van der Waals surface area contributed by atoms with Gasteiger partial charge >= 0.3 is 0 Å². The summed E-state index contributed by atoms with van der Waals surface area (Å²) in [5.74, 6) is 0. The van der Waals surface area contributed by atoms with E-state index >= 15 is 0 Å². The Morgan fingerprint density at radius 2 is 1.27 bits per heavy atom. The van der Waals surface area contributed by atoms with Gasteiger partial charge in [-0.15, -0.1) is 0 Å². The fourth-order valence-electron chi connectivity index (χ4n) is 3.49. The van der Waals surface area contributed by atoms with Crippen molar-refractivity contribution in [2.45, 2.75) is 87.1 Å². The fourth-order valence-corrected chi connectivity index (χ4v) is 3.49. The van der Waals surface area contributed by atoms with Gasteiger partial charge in [0.1, 0.15) is 48.8 Å². The molecule has 0 spiro atoms. The average molecular weight is 441 g/mol. The van der Waals surface area contributed by atoms with Gasteiger partial charge in [0.25, 0.3) is 0 Å². The Kier molecular flexibility index (Phi) is 10.8. The van der Waals surface area contributed by atoms with Gasteiger partial charge in [-0.05, 0) is 19.4 Å². The zero-order chi connectivity index (χ0) is 22.3. The third-order valence-electron chi connectivity index (χ3n) is 5.34. The number of unbranched alkanes of at least 4 members (excludes halogenated alkanes) is 3. The SMILES string of the molecule is NCCCCCCO[C@@H]1OC(CO)[C@@H](O[C@@H]2OC(CO)[C@H](O)C(O)C2O)C(O)C1O. The lowest BCUT2D eigenvalue weighted by molar-refractivity contribution is -0.359. The van der Waals surface area contributed by atoms with Gasteiger partial charge in [0, 0.05) is 6.61 Å². The molecule has 0 bridgehead atoms. The number of rotatable bonds is 11. The predicted octanol–water partition coefficient (Wildman–Crippen LogP) is -3.85. The molecule has 12 nitrogen and oxygen atoms in total. The second-order valence-electron chi connectivity index (χ2n) is 7.58. The highest BCUT2D eigenvalue weighted by atomic mass is 16.7. The molecule has 9 N–H and O–H groups in total. The van der Waals surface area contributed by atoms with Crippen LogP contribution in [-0.2, 0) is 18.9 Å². The molecule has 0 radical (unpaired) electrons. The smallest absolute Gasteiger partial charge is 0.187 e. The summed E-state index contributed by atoms with van der Waals surface area (Å²) >= 11 is 0. The van der Waals surface area contributed by atoms with Gasteiger partial charge in [-0.2, -0.15) is 0 Å². The van der Waals surface area contributed by atoms with Crippen molar-refractivity contribution in [2.75, 3.05) is 26.4 Å². The van der Waals surface area contributed by atoms with Crippen LogP contribution in [0.15, 0.2) is 0 Å². The molecule has 0 aliphatic carbocycles. The molecule has 12 heteroatoms. The Bertz CT molecular complexity index is 483. The second-order valence-corrected chi connectivity index (χ2v) is 7.58. The standard InChI is InChI=1S/C18H35NO11/c19-5-3-1-2-4-6-27-17-15(26)13(24)16(10(8-21)29-17)30-18-14(25)12(23)11(22)9(7-20)28-18/h9-18,20-26H,1-8,19H2/t9?,10?,11-,12?,13?,14?,15?,16+,17+,18-/m0/s1. The van der Waals surface area contributed by atoms with E-state index in [0.29, 0.717) is 13.0 Å². The third-order valence-corrected chi connectivity index (χ3v) is 5.34. The van der Waals surface area contributed by atoms with E-state index in [1.807, 2.05) is 0 Å². The molecule has 10 atom stereocenters. The van der Waals surface area contributed by atoms with Gasteiger partial charge in [0.05, 0.1) is 13.2 Å². The monoisotopic (exact) mass is 441 g/mol. The number of aliphatic hydroxyl groups is 7. The van der Waals surface area contributed by atoms with Crippen molar-refractivity contribution < 1.29 is 54.7 Å². The minimum Gasteiger partial charge on any atom is -0.394 e. The lowest BCUT2D eigenvalue weighted by Crippen LogP contribution is -2.64. The van der Waals surface area contributed by atoms with Crippen LogP contribution >= 0.6 is 0 Å². The predicted molar refractivity (Wildman–Crippen MR) is 99.9 cm³/mol. The Labute approximate surface area is 174 Å². The van der Waals surface area contributed by atoms with Crippen LogP contribution in [-0.4, -0.2) is 124 Å². The van der Waals surface area contributed by atoms with Crippen LogP contribution in [0, 0.1) is 0 Å². The van der Waals surface area contributed by atoms with Crippen LogP contribution in [0.5, 0.6) is 0 Å². The third kappa shape index (κ3) is 6.28. The van der Waals surface area contributed by atoms with E-state index in [0.717, 1.165) is 19.3 Å². The lowest BCUT2D eigenvalue weighted by Gasteiger charge is -2.45. The average Bonchev–Trinajstić information content (AvgIpc) is 2.75. The Morgan fingerprint density at radius 1 is 0.667 bits per heavy atom. The first-order valence-electron chi connectivity index (χ1n) is 10.3. The molecule has 0 aromatic carbocycles. The van der Waals surface area contributed by atoms with Crippen molar-refractivity contribution in [1.29, 1.82) is 0 Å². The second kappa shape index (κ2) is 12.5. The minimum absolute atomic E-state index is 0.273. The Balaban J connectivity index is 1.94. The van der Waals surface area contributed by atoms with Crippen molar-refractivity contribution >= 4 is 0 Å². The molecule has 2 aliphatic rings. The molecule has 6 unspecified atom stereocenters. The summed E-state index contributed by atoms with van der Waals surface area (Å²) in [5, 5.41) is 69.5. The highest BCUT2D eigenvalue weighted by molar-refractivity contribution is 4.94. The fraction of sp³-hybridized carbons (Fsp3) is 1.00. The highest BCUT2D eigenvalue weighted by Crippen LogP contribution is 2.29. The first kappa shape index (κ1) is 25.8. The largest absolute Gasteiger partial charge is 0.394 e. The summed E-state index contributed by atoms with van der Waals surface area (Å²) in [5.41, 5.74) is 5.43. The lowest BCUT2D eigenvalue weighted by atomic mass is 9.97. The summed E-state index contributed by atoms with van der Waals surface area (Å²) in [7, 11) is 0. The maximum absolute atomic E-state index is 10.5. The normalized spacial score (nSPS) is 42.4. The molecule has 0 amide bonds. The highest BCUT2D eigenvalue weighted by Gasteiger charge is 2.50. The zero-order valence-electron chi connectivity index (χ0n) is 16.8. The van der Waals surface area contributed by atoms with Gasteiger partial charge in [-0.25, -0.2) is 0 Å². The van der Waals surface area contributed by atoms with E-state index in [4.69, 9.17) is 24.7 Å². The number of ether oxygens (including phenoxy) is 4. The maximum Gasteiger partial charge on any atom is 0.187 e. The molecular formula is C18H35NO11. The first-order chi connectivity index (χ1) is 14.3.